The van der Waals surface area contributed by atoms with Crippen LogP contribution in [0.4, 0.5) is 10.3 Å². The second kappa shape index (κ2) is 10.3. The number of nitrogens with zero attached hydrogens (tertiary/aromatic N) is 4. The summed E-state index contributed by atoms with van der Waals surface area (Å²) in [6.07, 6.45) is 5.60. The Morgan fingerprint density at radius 2 is 2.11 bits per heavy atom. The lowest BCUT2D eigenvalue weighted by Gasteiger charge is -2.31. The molecule has 9 heteroatoms. The summed E-state index contributed by atoms with van der Waals surface area (Å²) in [5.41, 5.74) is 0. The van der Waals surface area contributed by atoms with Crippen LogP contribution in [0.1, 0.15) is 45.4 Å². The molecule has 1 aromatic rings. The molecule has 0 bridgehead atoms. The second-order valence-corrected chi connectivity index (χ2v) is 9.22. The van der Waals surface area contributed by atoms with Gasteiger partial charge in [0.1, 0.15) is 0 Å². The van der Waals surface area contributed by atoms with Crippen LogP contribution >= 0.6 is 23.1 Å². The fourth-order valence-corrected chi connectivity index (χ4v) is 5.20. The third-order valence-electron chi connectivity index (χ3n) is 4.88. The van der Waals surface area contributed by atoms with Crippen molar-refractivity contribution in [2.75, 3.05) is 47.5 Å². The highest BCUT2D eigenvalue weighted by Gasteiger charge is 2.29. The maximum absolute atomic E-state index is 12.5. The van der Waals surface area contributed by atoms with Crippen LogP contribution in [-0.2, 0) is 9.59 Å². The Morgan fingerprint density at radius 3 is 2.89 bits per heavy atom. The van der Waals surface area contributed by atoms with Crippen LogP contribution in [0, 0.1) is 5.92 Å². The Bertz CT molecular complexity index is 639. The molecular formula is C18H29N5O2S2. The topological polar surface area (TPSA) is 78.4 Å². The van der Waals surface area contributed by atoms with Crippen molar-refractivity contribution in [2.45, 2.75) is 45.4 Å². The number of rotatable bonds is 9. The van der Waals surface area contributed by atoms with Gasteiger partial charge in [-0.1, -0.05) is 18.3 Å². The zero-order valence-electron chi connectivity index (χ0n) is 16.0. The minimum Gasteiger partial charge on any atom is -0.356 e. The molecule has 0 unspecified atom stereocenters. The van der Waals surface area contributed by atoms with Crippen LogP contribution < -0.4 is 15.1 Å². The lowest BCUT2D eigenvalue weighted by molar-refractivity contribution is -0.125. The highest BCUT2D eigenvalue weighted by atomic mass is 32.2. The smallest absolute Gasteiger partial charge is 0.228 e. The molecule has 0 aliphatic carbocycles. The summed E-state index contributed by atoms with van der Waals surface area (Å²) in [6.45, 7) is 5.24. The molecule has 0 spiro atoms. The standard InChI is InChI=1S/C18H29N5O2S2/c1-2-11-26-12-5-8-19-16(25)14-6-3-9-22(13-14)17-20-21-18(27-17)23-10-4-7-15(23)24/h14H,2-13H2,1H3,(H,19,25)/t14-/m0/s1. The summed E-state index contributed by atoms with van der Waals surface area (Å²) in [7, 11) is 0. The summed E-state index contributed by atoms with van der Waals surface area (Å²) < 4.78 is 0. The predicted molar refractivity (Wildman–Crippen MR) is 112 cm³/mol. The first kappa shape index (κ1) is 20.4. The van der Waals surface area contributed by atoms with E-state index < -0.39 is 0 Å². The number of hydrogen-bond acceptors (Lipinski definition) is 7. The van der Waals surface area contributed by atoms with Gasteiger partial charge < -0.3 is 10.2 Å². The molecule has 1 N–H and O–H groups in total. The van der Waals surface area contributed by atoms with Gasteiger partial charge in [-0.25, -0.2) is 0 Å². The summed E-state index contributed by atoms with van der Waals surface area (Å²) in [6, 6.07) is 0. The molecule has 2 aliphatic rings. The number of carbonyl (C=O) groups excluding carboxylic acids is 2. The summed E-state index contributed by atoms with van der Waals surface area (Å²) in [5.74, 6) is 2.58. The largest absolute Gasteiger partial charge is 0.356 e. The molecule has 2 fully saturated rings. The first-order valence-corrected chi connectivity index (χ1v) is 11.9. The Hall–Kier alpha value is -1.35. The number of amides is 2. The predicted octanol–water partition coefficient (Wildman–Crippen LogP) is 2.53. The van der Waals surface area contributed by atoms with Crippen LogP contribution in [0.25, 0.3) is 0 Å². The normalized spacial score (nSPS) is 20.3. The zero-order valence-corrected chi connectivity index (χ0v) is 17.6. The van der Waals surface area contributed by atoms with Crippen molar-refractivity contribution >= 4 is 45.2 Å². The molecule has 3 heterocycles. The molecular weight excluding hydrogens is 382 g/mol. The minimum atomic E-state index is 0.00261. The number of aromatic nitrogens is 2. The molecule has 0 radical (unpaired) electrons. The van der Waals surface area contributed by atoms with Gasteiger partial charge in [-0.15, -0.1) is 10.2 Å². The maximum Gasteiger partial charge on any atom is 0.228 e. The third-order valence-corrected chi connectivity index (χ3v) is 7.17. The molecule has 1 aromatic heterocycles. The monoisotopic (exact) mass is 411 g/mol. The molecule has 7 nitrogen and oxygen atoms in total. The van der Waals surface area contributed by atoms with E-state index in [-0.39, 0.29) is 17.7 Å². The molecule has 150 valence electrons. The molecule has 2 aliphatic heterocycles. The van der Waals surface area contributed by atoms with Gasteiger partial charge in [0.25, 0.3) is 0 Å². The Balaban J connectivity index is 1.47. The average molecular weight is 412 g/mol. The fraction of sp³-hybridized carbons (Fsp3) is 0.778. The van der Waals surface area contributed by atoms with E-state index in [0.717, 1.165) is 56.2 Å². The van der Waals surface area contributed by atoms with Gasteiger partial charge in [-0.05, 0) is 43.6 Å². The van der Waals surface area contributed by atoms with Crippen LogP contribution in [-0.4, -0.2) is 59.7 Å². The van der Waals surface area contributed by atoms with E-state index in [2.05, 4.69) is 27.3 Å². The van der Waals surface area contributed by atoms with E-state index in [1.54, 1.807) is 4.90 Å². The van der Waals surface area contributed by atoms with Crippen LogP contribution in [0.5, 0.6) is 0 Å². The van der Waals surface area contributed by atoms with Gasteiger partial charge in [0.15, 0.2) is 0 Å². The first-order chi connectivity index (χ1) is 13.2. The number of anilines is 2. The second-order valence-electron chi connectivity index (χ2n) is 7.06. The minimum absolute atomic E-state index is 0.00261. The van der Waals surface area contributed by atoms with E-state index >= 15 is 0 Å². The van der Waals surface area contributed by atoms with Crippen molar-refractivity contribution in [3.63, 3.8) is 0 Å². The number of nitrogens with one attached hydrogen (secondary N) is 1. The van der Waals surface area contributed by atoms with Crippen LogP contribution in [0.2, 0.25) is 0 Å². The van der Waals surface area contributed by atoms with Crippen LogP contribution in [0.3, 0.4) is 0 Å². The number of hydrogen-bond donors (Lipinski definition) is 1. The summed E-state index contributed by atoms with van der Waals surface area (Å²) in [4.78, 5) is 28.2. The van der Waals surface area contributed by atoms with E-state index in [9.17, 15) is 9.59 Å². The van der Waals surface area contributed by atoms with Gasteiger partial charge in [-0.2, -0.15) is 11.8 Å². The summed E-state index contributed by atoms with van der Waals surface area (Å²) >= 11 is 3.41. The van der Waals surface area contributed by atoms with Crippen molar-refractivity contribution in [3.8, 4) is 0 Å². The Kier molecular flexibility index (Phi) is 7.75. The van der Waals surface area contributed by atoms with E-state index in [1.807, 2.05) is 11.8 Å². The van der Waals surface area contributed by atoms with Gasteiger partial charge in [0.2, 0.25) is 22.1 Å². The number of piperidine rings is 1. The van der Waals surface area contributed by atoms with Crippen LogP contribution in [0.15, 0.2) is 0 Å². The molecule has 2 amide bonds. The fourth-order valence-electron chi connectivity index (χ4n) is 3.44. The van der Waals surface area contributed by atoms with Gasteiger partial charge in [0.05, 0.1) is 5.92 Å². The van der Waals surface area contributed by atoms with E-state index in [0.29, 0.717) is 18.1 Å². The van der Waals surface area contributed by atoms with E-state index in [1.165, 1.54) is 23.5 Å². The van der Waals surface area contributed by atoms with E-state index in [4.69, 9.17) is 0 Å². The SMILES string of the molecule is CCCSCCCNC(=O)[C@H]1CCCN(c2nnc(N3CCCC3=O)s2)C1. The molecule has 0 aromatic carbocycles. The third kappa shape index (κ3) is 5.57. The van der Waals surface area contributed by atoms with Gasteiger partial charge in [0, 0.05) is 32.6 Å². The summed E-state index contributed by atoms with van der Waals surface area (Å²) in [5, 5.41) is 13.1. The van der Waals surface area contributed by atoms with Crippen molar-refractivity contribution in [2.24, 2.45) is 5.92 Å². The average Bonchev–Trinajstić information content (AvgIpc) is 3.33. The zero-order chi connectivity index (χ0) is 19.1. The lowest BCUT2D eigenvalue weighted by Crippen LogP contribution is -2.43. The number of carbonyl (C=O) groups is 2. The quantitative estimate of drug-likeness (QED) is 0.629. The van der Waals surface area contributed by atoms with Crippen molar-refractivity contribution < 1.29 is 9.59 Å². The van der Waals surface area contributed by atoms with Gasteiger partial charge >= 0.3 is 0 Å². The van der Waals surface area contributed by atoms with Crippen molar-refractivity contribution in [3.05, 3.63) is 0 Å². The van der Waals surface area contributed by atoms with Crippen molar-refractivity contribution in [1.82, 2.24) is 15.5 Å². The Morgan fingerprint density at radius 1 is 1.26 bits per heavy atom. The molecule has 3 rings (SSSR count). The maximum atomic E-state index is 12.5. The molecule has 27 heavy (non-hydrogen) atoms. The van der Waals surface area contributed by atoms with Gasteiger partial charge in [-0.3, -0.25) is 14.5 Å². The van der Waals surface area contributed by atoms with Crippen molar-refractivity contribution in [1.29, 1.82) is 0 Å². The molecule has 0 saturated carbocycles. The lowest BCUT2D eigenvalue weighted by atomic mass is 9.97. The Labute approximate surface area is 169 Å². The molecule has 1 atom stereocenters. The number of thioether (sulfide) groups is 1. The highest BCUT2D eigenvalue weighted by Crippen LogP contribution is 2.32. The highest BCUT2D eigenvalue weighted by molar-refractivity contribution is 7.99. The first-order valence-electron chi connectivity index (χ1n) is 9.93. The molecule has 2 saturated heterocycles.